The number of benzene rings is 1. The van der Waals surface area contributed by atoms with E-state index in [0.29, 0.717) is 0 Å². The standard InChI is InChI=1S/C18H24N2O/c1-5-10-21-17-8-6-15(7-9-17)18(19-4)16-11-13(2)20-14(3)12-16/h6-9,11-12,18-19H,5,10H2,1-4H3. The van der Waals surface area contributed by atoms with Crippen LogP contribution in [0.1, 0.15) is 41.9 Å². The number of hydrogen-bond acceptors (Lipinski definition) is 3. The lowest BCUT2D eigenvalue weighted by Gasteiger charge is -2.18. The average Bonchev–Trinajstić information content (AvgIpc) is 2.46. The largest absolute Gasteiger partial charge is 0.494 e. The van der Waals surface area contributed by atoms with E-state index in [1.165, 1.54) is 11.1 Å². The van der Waals surface area contributed by atoms with Crippen LogP contribution in [0.25, 0.3) is 0 Å². The third-order valence-corrected chi connectivity index (χ3v) is 3.41. The van der Waals surface area contributed by atoms with E-state index >= 15 is 0 Å². The molecular formula is C18H24N2O. The molecule has 0 fully saturated rings. The van der Waals surface area contributed by atoms with Crippen molar-refractivity contribution in [1.82, 2.24) is 10.3 Å². The number of nitrogens with zero attached hydrogens (tertiary/aromatic N) is 1. The summed E-state index contributed by atoms with van der Waals surface area (Å²) in [6.07, 6.45) is 1.02. The van der Waals surface area contributed by atoms with E-state index in [2.05, 4.69) is 41.5 Å². The van der Waals surface area contributed by atoms with E-state index in [1.54, 1.807) is 0 Å². The van der Waals surface area contributed by atoms with Crippen LogP contribution in [-0.2, 0) is 0 Å². The van der Waals surface area contributed by atoms with Crippen molar-refractivity contribution >= 4 is 0 Å². The van der Waals surface area contributed by atoms with Gasteiger partial charge in [-0.15, -0.1) is 0 Å². The van der Waals surface area contributed by atoms with E-state index in [9.17, 15) is 0 Å². The summed E-state index contributed by atoms with van der Waals surface area (Å²) in [7, 11) is 1.98. The molecule has 0 saturated carbocycles. The molecule has 1 aromatic carbocycles. The van der Waals surface area contributed by atoms with Crippen molar-refractivity contribution in [2.75, 3.05) is 13.7 Å². The minimum absolute atomic E-state index is 0.172. The van der Waals surface area contributed by atoms with Crippen molar-refractivity contribution in [3.8, 4) is 5.75 Å². The lowest BCUT2D eigenvalue weighted by molar-refractivity contribution is 0.317. The van der Waals surface area contributed by atoms with E-state index < -0.39 is 0 Å². The SMILES string of the molecule is CCCOc1ccc(C(NC)c2cc(C)nc(C)c2)cc1. The number of ether oxygens (including phenoxy) is 1. The van der Waals surface area contributed by atoms with Gasteiger partial charge in [-0.3, -0.25) is 4.98 Å². The summed E-state index contributed by atoms with van der Waals surface area (Å²) in [5.41, 5.74) is 4.57. The molecular weight excluding hydrogens is 260 g/mol. The summed E-state index contributed by atoms with van der Waals surface area (Å²) in [5.74, 6) is 0.928. The van der Waals surface area contributed by atoms with Gasteiger partial charge in [-0.2, -0.15) is 0 Å². The Labute approximate surface area is 127 Å². The number of nitrogens with one attached hydrogen (secondary N) is 1. The molecule has 0 saturated heterocycles. The Morgan fingerprint density at radius 1 is 1.05 bits per heavy atom. The lowest BCUT2D eigenvalue weighted by atomic mass is 9.98. The Kier molecular flexibility index (Phi) is 5.34. The molecule has 0 amide bonds. The van der Waals surface area contributed by atoms with Crippen LogP contribution in [0.4, 0.5) is 0 Å². The van der Waals surface area contributed by atoms with Crippen molar-refractivity contribution in [3.63, 3.8) is 0 Å². The van der Waals surface area contributed by atoms with Crippen molar-refractivity contribution in [3.05, 3.63) is 58.9 Å². The fourth-order valence-electron chi connectivity index (χ4n) is 2.54. The molecule has 0 aliphatic carbocycles. The second-order valence-electron chi connectivity index (χ2n) is 5.32. The Bertz CT molecular complexity index is 558. The first-order valence-corrected chi connectivity index (χ1v) is 7.49. The first-order chi connectivity index (χ1) is 10.1. The number of aryl methyl sites for hydroxylation is 2. The first-order valence-electron chi connectivity index (χ1n) is 7.49. The molecule has 0 spiro atoms. The average molecular weight is 284 g/mol. The van der Waals surface area contributed by atoms with E-state index in [4.69, 9.17) is 4.74 Å². The molecule has 1 unspecified atom stereocenters. The molecule has 1 heterocycles. The first kappa shape index (κ1) is 15.5. The Morgan fingerprint density at radius 3 is 2.19 bits per heavy atom. The topological polar surface area (TPSA) is 34.1 Å². The van der Waals surface area contributed by atoms with Crippen molar-refractivity contribution in [1.29, 1.82) is 0 Å². The van der Waals surface area contributed by atoms with Gasteiger partial charge in [0.1, 0.15) is 5.75 Å². The number of rotatable bonds is 6. The Morgan fingerprint density at radius 2 is 1.67 bits per heavy atom. The second kappa shape index (κ2) is 7.23. The molecule has 1 atom stereocenters. The maximum Gasteiger partial charge on any atom is 0.119 e. The van der Waals surface area contributed by atoms with Crippen molar-refractivity contribution < 1.29 is 4.74 Å². The molecule has 1 N–H and O–H groups in total. The minimum atomic E-state index is 0.172. The van der Waals surface area contributed by atoms with Gasteiger partial charge in [-0.1, -0.05) is 19.1 Å². The van der Waals surface area contributed by atoms with E-state index in [-0.39, 0.29) is 6.04 Å². The Hall–Kier alpha value is -1.87. The van der Waals surface area contributed by atoms with Crippen molar-refractivity contribution in [2.45, 2.75) is 33.2 Å². The van der Waals surface area contributed by atoms with Crippen LogP contribution in [0.5, 0.6) is 5.75 Å². The highest BCUT2D eigenvalue weighted by Crippen LogP contribution is 2.24. The van der Waals surface area contributed by atoms with Gasteiger partial charge >= 0.3 is 0 Å². The van der Waals surface area contributed by atoms with E-state index in [0.717, 1.165) is 30.2 Å². The molecule has 2 rings (SSSR count). The van der Waals surface area contributed by atoms with Gasteiger partial charge in [0.15, 0.2) is 0 Å². The maximum atomic E-state index is 5.64. The van der Waals surface area contributed by atoms with Gasteiger partial charge < -0.3 is 10.1 Å². The van der Waals surface area contributed by atoms with Gasteiger partial charge in [-0.25, -0.2) is 0 Å². The smallest absolute Gasteiger partial charge is 0.119 e. The summed E-state index contributed by atoms with van der Waals surface area (Å²) >= 11 is 0. The van der Waals surface area contributed by atoms with Crippen molar-refractivity contribution in [2.24, 2.45) is 0 Å². The quantitative estimate of drug-likeness (QED) is 0.876. The lowest BCUT2D eigenvalue weighted by Crippen LogP contribution is -2.18. The molecule has 112 valence electrons. The molecule has 0 radical (unpaired) electrons. The van der Waals surface area contributed by atoms with Gasteiger partial charge in [0.25, 0.3) is 0 Å². The highest BCUT2D eigenvalue weighted by atomic mass is 16.5. The molecule has 1 aromatic heterocycles. The summed E-state index contributed by atoms with van der Waals surface area (Å²) in [6, 6.07) is 12.8. The van der Waals surface area contributed by atoms with Crippen LogP contribution in [0.2, 0.25) is 0 Å². The molecule has 3 nitrogen and oxygen atoms in total. The Balaban J connectivity index is 2.24. The van der Waals surface area contributed by atoms with Crippen LogP contribution >= 0.6 is 0 Å². The molecule has 0 aliphatic heterocycles. The van der Waals surface area contributed by atoms with Gasteiger partial charge in [0.2, 0.25) is 0 Å². The number of aromatic nitrogens is 1. The highest BCUT2D eigenvalue weighted by Gasteiger charge is 2.13. The predicted octanol–water partition coefficient (Wildman–Crippen LogP) is 3.80. The van der Waals surface area contributed by atoms with Gasteiger partial charge in [0.05, 0.1) is 12.6 Å². The second-order valence-corrected chi connectivity index (χ2v) is 5.32. The van der Waals surface area contributed by atoms with Crippen LogP contribution in [0.15, 0.2) is 36.4 Å². The third-order valence-electron chi connectivity index (χ3n) is 3.41. The number of pyridine rings is 1. The van der Waals surface area contributed by atoms with Crippen LogP contribution in [0, 0.1) is 13.8 Å². The zero-order chi connectivity index (χ0) is 15.2. The predicted molar refractivity (Wildman–Crippen MR) is 86.8 cm³/mol. The summed E-state index contributed by atoms with van der Waals surface area (Å²) in [4.78, 5) is 4.44. The highest BCUT2D eigenvalue weighted by molar-refractivity contribution is 5.36. The molecule has 0 bridgehead atoms. The molecule has 0 aliphatic rings. The van der Waals surface area contributed by atoms with Gasteiger partial charge in [0, 0.05) is 11.4 Å². The fourth-order valence-corrected chi connectivity index (χ4v) is 2.54. The molecule has 3 heteroatoms. The minimum Gasteiger partial charge on any atom is -0.494 e. The normalized spacial score (nSPS) is 12.2. The van der Waals surface area contributed by atoms with E-state index in [1.807, 2.05) is 33.0 Å². The molecule has 21 heavy (non-hydrogen) atoms. The monoisotopic (exact) mass is 284 g/mol. The zero-order valence-electron chi connectivity index (χ0n) is 13.3. The summed E-state index contributed by atoms with van der Waals surface area (Å²) in [6.45, 7) is 6.94. The summed E-state index contributed by atoms with van der Waals surface area (Å²) in [5, 5.41) is 3.38. The van der Waals surface area contributed by atoms with Crippen LogP contribution < -0.4 is 10.1 Å². The third kappa shape index (κ3) is 4.05. The van der Waals surface area contributed by atoms with Gasteiger partial charge in [-0.05, 0) is 62.7 Å². The maximum absolute atomic E-state index is 5.64. The molecule has 2 aromatic rings. The summed E-state index contributed by atoms with van der Waals surface area (Å²) < 4.78 is 5.64. The van der Waals surface area contributed by atoms with Crippen LogP contribution in [0.3, 0.4) is 0 Å². The van der Waals surface area contributed by atoms with Crippen LogP contribution in [-0.4, -0.2) is 18.6 Å². The number of hydrogen-bond donors (Lipinski definition) is 1. The zero-order valence-corrected chi connectivity index (χ0v) is 13.3. The fraction of sp³-hybridized carbons (Fsp3) is 0.389.